The van der Waals surface area contributed by atoms with Crippen LogP contribution < -0.4 is 5.32 Å². The van der Waals surface area contributed by atoms with Crippen molar-refractivity contribution in [2.24, 2.45) is 11.3 Å². The van der Waals surface area contributed by atoms with Gasteiger partial charge < -0.3 is 10.4 Å². The minimum absolute atomic E-state index is 0.102. The summed E-state index contributed by atoms with van der Waals surface area (Å²) < 4.78 is 0. The van der Waals surface area contributed by atoms with Crippen molar-refractivity contribution in [2.45, 2.75) is 52.1 Å². The predicted molar refractivity (Wildman–Crippen MR) is 71.7 cm³/mol. The van der Waals surface area contributed by atoms with E-state index < -0.39 is 12.0 Å². The van der Waals surface area contributed by atoms with Gasteiger partial charge in [0.25, 0.3) is 0 Å². The largest absolute Gasteiger partial charge is 0.481 e. The summed E-state index contributed by atoms with van der Waals surface area (Å²) in [4.78, 5) is 25.1. The lowest BCUT2D eigenvalue weighted by Gasteiger charge is -2.40. The van der Waals surface area contributed by atoms with Crippen molar-refractivity contribution < 1.29 is 14.7 Å². The van der Waals surface area contributed by atoms with Crippen LogP contribution in [0.25, 0.3) is 0 Å². The third-order valence-electron chi connectivity index (χ3n) is 4.46. The maximum atomic E-state index is 11.9. The first-order chi connectivity index (χ1) is 8.80. The van der Waals surface area contributed by atoms with Gasteiger partial charge in [-0.2, -0.15) is 0 Å². The maximum Gasteiger partial charge on any atom is 0.305 e. The van der Waals surface area contributed by atoms with Crippen LogP contribution in [-0.4, -0.2) is 47.1 Å². The molecule has 1 amide bonds. The fourth-order valence-electron chi connectivity index (χ4n) is 3.81. The lowest BCUT2D eigenvalue weighted by atomic mass is 9.91. The average molecular weight is 268 g/mol. The van der Waals surface area contributed by atoms with Crippen LogP contribution >= 0.6 is 0 Å². The zero-order chi connectivity index (χ0) is 14.2. The van der Waals surface area contributed by atoms with E-state index in [4.69, 9.17) is 5.11 Å². The van der Waals surface area contributed by atoms with E-state index in [0.717, 1.165) is 19.4 Å². The normalized spacial score (nSPS) is 35.1. The van der Waals surface area contributed by atoms with Crippen LogP contribution in [-0.2, 0) is 9.59 Å². The highest BCUT2D eigenvalue weighted by Gasteiger charge is 2.44. The predicted octanol–water partition coefficient (Wildman–Crippen LogP) is 1.09. The molecule has 0 aromatic rings. The summed E-state index contributed by atoms with van der Waals surface area (Å²) in [5.41, 5.74) is 0.284. The fraction of sp³-hybridized carbons (Fsp3) is 0.857. The first-order valence-electron chi connectivity index (χ1n) is 7.05. The Kier molecular flexibility index (Phi) is 3.85. The first kappa shape index (κ1) is 14.3. The molecule has 1 aliphatic carbocycles. The molecule has 5 nitrogen and oxygen atoms in total. The lowest BCUT2D eigenvalue weighted by molar-refractivity contribution is -0.144. The van der Waals surface area contributed by atoms with Crippen molar-refractivity contribution in [3.8, 4) is 0 Å². The summed E-state index contributed by atoms with van der Waals surface area (Å²) in [5.74, 6) is -0.528. The Morgan fingerprint density at radius 2 is 2.16 bits per heavy atom. The Hall–Kier alpha value is -1.10. The zero-order valence-corrected chi connectivity index (χ0v) is 12.0. The fourth-order valence-corrected chi connectivity index (χ4v) is 3.81. The van der Waals surface area contributed by atoms with Crippen molar-refractivity contribution in [2.75, 3.05) is 13.1 Å². The number of amides is 1. The van der Waals surface area contributed by atoms with Crippen LogP contribution in [0.3, 0.4) is 0 Å². The molecule has 1 aliphatic heterocycles. The van der Waals surface area contributed by atoms with E-state index in [1.165, 1.54) is 0 Å². The van der Waals surface area contributed by atoms with Crippen LogP contribution in [0.15, 0.2) is 0 Å². The lowest BCUT2D eigenvalue weighted by Crippen LogP contribution is -2.59. The van der Waals surface area contributed by atoms with Gasteiger partial charge in [0.15, 0.2) is 0 Å². The monoisotopic (exact) mass is 268 g/mol. The molecule has 1 heterocycles. The van der Waals surface area contributed by atoms with Crippen molar-refractivity contribution in [1.82, 2.24) is 10.2 Å². The summed E-state index contributed by atoms with van der Waals surface area (Å²) in [6.45, 7) is 8.09. The van der Waals surface area contributed by atoms with Crippen molar-refractivity contribution in [3.63, 3.8) is 0 Å². The van der Waals surface area contributed by atoms with Gasteiger partial charge in [0, 0.05) is 19.1 Å². The molecule has 2 rings (SSSR count). The van der Waals surface area contributed by atoms with Crippen molar-refractivity contribution in [1.29, 1.82) is 0 Å². The van der Waals surface area contributed by atoms with E-state index in [0.29, 0.717) is 18.5 Å². The molecule has 1 saturated carbocycles. The summed E-state index contributed by atoms with van der Waals surface area (Å²) in [7, 11) is 0. The second-order valence-corrected chi connectivity index (χ2v) is 6.76. The average Bonchev–Trinajstić information content (AvgIpc) is 2.54. The van der Waals surface area contributed by atoms with Crippen molar-refractivity contribution >= 4 is 11.9 Å². The zero-order valence-electron chi connectivity index (χ0n) is 12.0. The number of nitrogens with one attached hydrogen (secondary N) is 1. The molecule has 3 unspecified atom stereocenters. The number of rotatable bonds is 3. The molecule has 3 atom stereocenters. The molecule has 2 aliphatic rings. The molecule has 0 aromatic carbocycles. The minimum Gasteiger partial charge on any atom is -0.481 e. The smallest absolute Gasteiger partial charge is 0.305 e. The molecule has 0 bridgehead atoms. The van der Waals surface area contributed by atoms with E-state index >= 15 is 0 Å². The molecule has 19 heavy (non-hydrogen) atoms. The molecule has 0 spiro atoms. The minimum atomic E-state index is -0.906. The molecule has 2 N–H and O–H groups in total. The van der Waals surface area contributed by atoms with Gasteiger partial charge in [-0.25, -0.2) is 0 Å². The van der Waals surface area contributed by atoms with Gasteiger partial charge in [0.1, 0.15) is 0 Å². The number of aliphatic carboxylic acids is 1. The SMILES string of the molecule is CC1CC(C)(C)CC1N1CCNC(=O)C1CC(=O)O. The Bertz CT molecular complexity index is 381. The van der Waals surface area contributed by atoms with Gasteiger partial charge in [-0.15, -0.1) is 0 Å². The molecule has 1 saturated heterocycles. The second kappa shape index (κ2) is 5.12. The Morgan fingerprint density at radius 1 is 1.47 bits per heavy atom. The second-order valence-electron chi connectivity index (χ2n) is 6.76. The van der Waals surface area contributed by atoms with E-state index in [-0.39, 0.29) is 17.7 Å². The number of carbonyl (C=O) groups excluding carboxylic acids is 1. The number of carboxylic acids is 1. The Balaban J connectivity index is 2.16. The number of carboxylic acid groups (broad SMARTS) is 1. The number of hydrogen-bond acceptors (Lipinski definition) is 3. The Labute approximate surface area is 114 Å². The summed E-state index contributed by atoms with van der Waals surface area (Å²) in [6, 6.07) is -0.182. The molecular weight excluding hydrogens is 244 g/mol. The molecule has 0 radical (unpaired) electrons. The van der Waals surface area contributed by atoms with Gasteiger partial charge in [-0.3, -0.25) is 14.5 Å². The van der Waals surface area contributed by atoms with Crippen molar-refractivity contribution in [3.05, 3.63) is 0 Å². The summed E-state index contributed by atoms with van der Waals surface area (Å²) >= 11 is 0. The van der Waals surface area contributed by atoms with Crippen LogP contribution in [0, 0.1) is 11.3 Å². The third kappa shape index (κ3) is 3.08. The van der Waals surface area contributed by atoms with E-state index in [1.54, 1.807) is 0 Å². The van der Waals surface area contributed by atoms with Crippen LogP contribution in [0.4, 0.5) is 0 Å². The summed E-state index contributed by atoms with van der Waals surface area (Å²) in [5, 5.41) is 11.8. The van der Waals surface area contributed by atoms with Crippen LogP contribution in [0.5, 0.6) is 0 Å². The van der Waals surface area contributed by atoms with E-state index in [1.807, 2.05) is 0 Å². The van der Waals surface area contributed by atoms with Gasteiger partial charge in [0.05, 0.1) is 12.5 Å². The molecule has 108 valence electrons. The van der Waals surface area contributed by atoms with Gasteiger partial charge in [-0.05, 0) is 24.2 Å². The van der Waals surface area contributed by atoms with Gasteiger partial charge in [-0.1, -0.05) is 20.8 Å². The highest BCUT2D eigenvalue weighted by atomic mass is 16.4. The first-order valence-corrected chi connectivity index (χ1v) is 7.05. The quantitative estimate of drug-likeness (QED) is 0.804. The molecule has 2 fully saturated rings. The van der Waals surface area contributed by atoms with E-state index in [9.17, 15) is 9.59 Å². The highest BCUT2D eigenvalue weighted by Crippen LogP contribution is 2.44. The number of nitrogens with zero attached hydrogens (tertiary/aromatic N) is 1. The standard InChI is InChI=1S/C14H24N2O3/c1-9-7-14(2,3)8-11(9)16-5-4-15-13(19)10(16)6-12(17)18/h9-11H,4-8H2,1-3H3,(H,15,19)(H,17,18). The number of piperazine rings is 1. The molecule has 5 heteroatoms. The van der Waals surface area contributed by atoms with E-state index in [2.05, 4.69) is 31.0 Å². The maximum absolute atomic E-state index is 11.9. The highest BCUT2D eigenvalue weighted by molar-refractivity contribution is 5.86. The number of hydrogen-bond donors (Lipinski definition) is 2. The van der Waals surface area contributed by atoms with Crippen LogP contribution in [0.2, 0.25) is 0 Å². The topological polar surface area (TPSA) is 69.6 Å². The van der Waals surface area contributed by atoms with Gasteiger partial charge >= 0.3 is 5.97 Å². The number of carbonyl (C=O) groups is 2. The third-order valence-corrected chi connectivity index (χ3v) is 4.46. The molecule has 0 aromatic heterocycles. The Morgan fingerprint density at radius 3 is 2.68 bits per heavy atom. The summed E-state index contributed by atoms with van der Waals surface area (Å²) in [6.07, 6.45) is 2.07. The van der Waals surface area contributed by atoms with Gasteiger partial charge in [0.2, 0.25) is 5.91 Å². The molecular formula is C14H24N2O3. The van der Waals surface area contributed by atoms with Crippen LogP contribution in [0.1, 0.15) is 40.0 Å².